The molecule has 0 aromatic heterocycles. The van der Waals surface area contributed by atoms with Crippen molar-refractivity contribution in [3.05, 3.63) is 0 Å². The summed E-state index contributed by atoms with van der Waals surface area (Å²) in [4.78, 5) is 10.5. The second-order valence-electron chi connectivity index (χ2n) is 2.25. The first-order chi connectivity index (χ1) is 4.87. The van der Waals surface area contributed by atoms with Crippen molar-refractivity contribution in [2.75, 3.05) is 6.26 Å². The van der Waals surface area contributed by atoms with Gasteiger partial charge in [0, 0.05) is 0 Å². The Morgan fingerprint density at radius 1 is 1.64 bits per heavy atom. The lowest BCUT2D eigenvalue weighted by Crippen LogP contribution is -2.43. The highest BCUT2D eigenvalue weighted by Gasteiger charge is 2.16. The Balaban J connectivity index is 4.22. The molecule has 0 fully saturated rings. The van der Waals surface area contributed by atoms with E-state index in [0.717, 1.165) is 6.26 Å². The van der Waals surface area contributed by atoms with Crippen LogP contribution in [0.15, 0.2) is 0 Å². The quantitative estimate of drug-likeness (QED) is 0.569. The first kappa shape index (κ1) is 10.4. The maximum absolute atomic E-state index is 10.6. The van der Waals surface area contributed by atoms with Crippen LogP contribution in [0.25, 0.3) is 0 Å². The average Bonchev–Trinajstić information content (AvgIpc) is 1.80. The summed E-state index contributed by atoms with van der Waals surface area (Å²) in [5.74, 6) is -0.655. The molecule has 0 aliphatic carbocycles. The smallest absolute Gasteiger partial charge is 0.235 e. The Morgan fingerprint density at radius 2 is 2.09 bits per heavy atom. The number of nitrogens with two attached hydrogens (primary N) is 1. The summed E-state index contributed by atoms with van der Waals surface area (Å²) in [6.45, 7) is 1.67. The molecule has 0 aliphatic heterocycles. The molecule has 3 N–H and O–H groups in total. The fourth-order valence-corrected chi connectivity index (χ4v) is 1.40. The van der Waals surface area contributed by atoms with Crippen molar-refractivity contribution in [3.8, 4) is 0 Å². The number of hydrogen-bond acceptors (Lipinski definition) is 3. The zero-order valence-electron chi connectivity index (χ0n) is 6.49. The van der Waals surface area contributed by atoms with Crippen LogP contribution in [0, 0.1) is 0 Å². The molecule has 0 radical (unpaired) electrons. The van der Waals surface area contributed by atoms with E-state index >= 15 is 0 Å². The third-order valence-corrected chi connectivity index (χ3v) is 1.82. The fraction of sp³-hybridized carbons (Fsp3) is 0.800. The highest BCUT2D eigenvalue weighted by Crippen LogP contribution is 1.90. The molecule has 0 aliphatic rings. The molecule has 0 aromatic carbocycles. The first-order valence-electron chi connectivity index (χ1n) is 3.13. The van der Waals surface area contributed by atoms with Crippen molar-refractivity contribution >= 4 is 15.9 Å². The van der Waals surface area contributed by atoms with Crippen molar-refractivity contribution in [1.29, 1.82) is 0 Å². The van der Waals surface area contributed by atoms with Gasteiger partial charge in [-0.05, 0) is 6.42 Å². The second kappa shape index (κ2) is 3.68. The molecule has 6 heteroatoms. The lowest BCUT2D eigenvalue weighted by Gasteiger charge is -2.10. The van der Waals surface area contributed by atoms with E-state index < -0.39 is 22.0 Å². The van der Waals surface area contributed by atoms with Gasteiger partial charge in [-0.25, -0.2) is 13.1 Å². The van der Waals surface area contributed by atoms with Gasteiger partial charge in [0.25, 0.3) is 0 Å². The molecule has 0 bridgehead atoms. The molecule has 0 heterocycles. The molecule has 0 rings (SSSR count). The van der Waals surface area contributed by atoms with Crippen LogP contribution < -0.4 is 10.5 Å². The van der Waals surface area contributed by atoms with E-state index in [-0.39, 0.29) is 0 Å². The average molecular weight is 180 g/mol. The van der Waals surface area contributed by atoms with Crippen molar-refractivity contribution in [1.82, 2.24) is 4.72 Å². The van der Waals surface area contributed by atoms with Crippen LogP contribution in [-0.4, -0.2) is 26.6 Å². The molecular weight excluding hydrogens is 168 g/mol. The molecule has 1 amide bonds. The summed E-state index contributed by atoms with van der Waals surface area (Å²) in [5.41, 5.74) is 4.89. The Morgan fingerprint density at radius 3 is 2.18 bits per heavy atom. The third-order valence-electron chi connectivity index (χ3n) is 1.11. The van der Waals surface area contributed by atoms with Crippen LogP contribution in [0.4, 0.5) is 0 Å². The zero-order valence-corrected chi connectivity index (χ0v) is 7.31. The van der Waals surface area contributed by atoms with Gasteiger partial charge in [0.1, 0.15) is 0 Å². The molecule has 5 nitrogen and oxygen atoms in total. The van der Waals surface area contributed by atoms with E-state index in [1.54, 1.807) is 6.92 Å². The predicted molar refractivity (Wildman–Crippen MR) is 41.3 cm³/mol. The molecule has 0 saturated carbocycles. The van der Waals surface area contributed by atoms with Crippen molar-refractivity contribution < 1.29 is 13.2 Å². The predicted octanol–water partition coefficient (Wildman–Crippen LogP) is -1.20. The van der Waals surface area contributed by atoms with Crippen LogP contribution in [0.5, 0.6) is 0 Å². The topological polar surface area (TPSA) is 89.3 Å². The highest BCUT2D eigenvalue weighted by molar-refractivity contribution is 7.88. The second-order valence-corrected chi connectivity index (χ2v) is 4.03. The lowest BCUT2D eigenvalue weighted by atomic mass is 10.2. The van der Waals surface area contributed by atoms with E-state index in [9.17, 15) is 13.2 Å². The van der Waals surface area contributed by atoms with Crippen LogP contribution in [0.2, 0.25) is 0 Å². The number of rotatable bonds is 4. The van der Waals surface area contributed by atoms with Crippen LogP contribution in [-0.2, 0) is 14.8 Å². The van der Waals surface area contributed by atoms with E-state index in [4.69, 9.17) is 5.73 Å². The monoisotopic (exact) mass is 180 g/mol. The fourth-order valence-electron chi connectivity index (χ4n) is 0.601. The summed E-state index contributed by atoms with van der Waals surface area (Å²) in [5, 5.41) is 0. The Kier molecular flexibility index (Phi) is 3.47. The number of amides is 1. The molecule has 1 unspecified atom stereocenters. The maximum Gasteiger partial charge on any atom is 0.235 e. The molecule has 11 heavy (non-hydrogen) atoms. The number of primary amides is 1. The molecular formula is C5H12N2O3S. The lowest BCUT2D eigenvalue weighted by molar-refractivity contribution is -0.119. The molecule has 66 valence electrons. The van der Waals surface area contributed by atoms with Crippen molar-refractivity contribution in [2.24, 2.45) is 5.73 Å². The van der Waals surface area contributed by atoms with E-state index in [2.05, 4.69) is 4.72 Å². The Labute approximate surface area is 66.0 Å². The summed E-state index contributed by atoms with van der Waals surface area (Å²) in [6, 6.07) is -0.787. The minimum atomic E-state index is -3.33. The van der Waals surface area contributed by atoms with Gasteiger partial charge in [-0.15, -0.1) is 0 Å². The van der Waals surface area contributed by atoms with Gasteiger partial charge in [-0.3, -0.25) is 4.79 Å². The van der Waals surface area contributed by atoms with Gasteiger partial charge < -0.3 is 5.73 Å². The number of carbonyl (C=O) groups is 1. The highest BCUT2D eigenvalue weighted by atomic mass is 32.2. The number of carbonyl (C=O) groups excluding carboxylic acids is 1. The van der Waals surface area contributed by atoms with Gasteiger partial charge in [0.2, 0.25) is 15.9 Å². The maximum atomic E-state index is 10.6. The molecule has 0 saturated heterocycles. The first-order valence-corrected chi connectivity index (χ1v) is 5.02. The third kappa shape index (κ3) is 4.74. The summed E-state index contributed by atoms with van der Waals surface area (Å²) in [6.07, 6.45) is 1.35. The summed E-state index contributed by atoms with van der Waals surface area (Å²) < 4.78 is 23.3. The normalized spacial score (nSPS) is 14.4. The zero-order chi connectivity index (χ0) is 9.07. The standard InChI is InChI=1S/C5H12N2O3S/c1-3-4(5(6)8)7-11(2,9)10/h4,7H,3H2,1-2H3,(H2,6,8). The van der Waals surface area contributed by atoms with Gasteiger partial charge in [-0.1, -0.05) is 6.92 Å². The summed E-state index contributed by atoms with van der Waals surface area (Å²) in [7, 11) is -3.33. The van der Waals surface area contributed by atoms with Gasteiger partial charge >= 0.3 is 0 Å². The minimum Gasteiger partial charge on any atom is -0.368 e. The molecule has 0 aromatic rings. The van der Waals surface area contributed by atoms with Crippen molar-refractivity contribution in [3.63, 3.8) is 0 Å². The number of nitrogens with one attached hydrogen (secondary N) is 1. The van der Waals surface area contributed by atoms with Crippen molar-refractivity contribution in [2.45, 2.75) is 19.4 Å². The van der Waals surface area contributed by atoms with E-state index in [1.807, 2.05) is 0 Å². The summed E-state index contributed by atoms with van der Waals surface area (Å²) >= 11 is 0. The Hall–Kier alpha value is -0.620. The minimum absolute atomic E-state index is 0.363. The Bertz CT molecular complexity index is 234. The largest absolute Gasteiger partial charge is 0.368 e. The van der Waals surface area contributed by atoms with Gasteiger partial charge in [0.15, 0.2) is 0 Å². The van der Waals surface area contributed by atoms with Crippen LogP contribution >= 0.6 is 0 Å². The van der Waals surface area contributed by atoms with Crippen LogP contribution in [0.3, 0.4) is 0 Å². The van der Waals surface area contributed by atoms with E-state index in [1.165, 1.54) is 0 Å². The van der Waals surface area contributed by atoms with Gasteiger partial charge in [0.05, 0.1) is 12.3 Å². The SMILES string of the molecule is CCC(NS(C)(=O)=O)C(N)=O. The van der Waals surface area contributed by atoms with E-state index in [0.29, 0.717) is 6.42 Å². The van der Waals surface area contributed by atoms with Gasteiger partial charge in [-0.2, -0.15) is 0 Å². The van der Waals surface area contributed by atoms with Crippen LogP contribution in [0.1, 0.15) is 13.3 Å². The molecule has 0 spiro atoms. The molecule has 1 atom stereocenters. The number of sulfonamides is 1. The number of hydrogen-bond donors (Lipinski definition) is 2.